The summed E-state index contributed by atoms with van der Waals surface area (Å²) in [7, 11) is 1.27. The minimum Gasteiger partial charge on any atom is -0.464 e. The minimum atomic E-state index is -0.640. The smallest absolute Gasteiger partial charge is 0.356 e. The molecule has 1 atom stereocenters. The Morgan fingerprint density at radius 3 is 2.77 bits per heavy atom. The number of esters is 1. The van der Waals surface area contributed by atoms with Gasteiger partial charge in [0.05, 0.1) is 30.5 Å². The van der Waals surface area contributed by atoms with Crippen LogP contribution in [0.3, 0.4) is 0 Å². The Morgan fingerprint density at radius 1 is 1.26 bits per heavy atom. The van der Waals surface area contributed by atoms with E-state index in [2.05, 4.69) is 16.0 Å². The zero-order valence-electron chi connectivity index (χ0n) is 17.2. The summed E-state index contributed by atoms with van der Waals surface area (Å²) in [6.45, 7) is 2.55. The molecule has 1 aliphatic rings. The van der Waals surface area contributed by atoms with Crippen molar-refractivity contribution in [3.63, 3.8) is 0 Å². The number of carbonyl (C=O) groups excluding carboxylic acids is 2. The standard InChI is InChI=1S/C23H20N4O3S/c1-14-13-31-21(25-14)20-8-5-9-27(20)22(28)16-10-18(26-19(11-16)23(29)30-2)17-7-4-3-6-15(17)12-24/h3-4,6-7,10-11,13,20H,5,8-9H2,1-2H3. The van der Waals surface area contributed by atoms with Gasteiger partial charge in [-0.15, -0.1) is 11.3 Å². The molecular weight excluding hydrogens is 412 g/mol. The van der Waals surface area contributed by atoms with E-state index in [-0.39, 0.29) is 17.6 Å². The molecule has 1 aromatic carbocycles. The summed E-state index contributed by atoms with van der Waals surface area (Å²) in [5, 5.41) is 12.4. The number of hydrogen-bond acceptors (Lipinski definition) is 7. The molecule has 1 saturated heterocycles. The highest BCUT2D eigenvalue weighted by molar-refractivity contribution is 7.09. The first-order valence-electron chi connectivity index (χ1n) is 9.84. The largest absolute Gasteiger partial charge is 0.464 e. The van der Waals surface area contributed by atoms with Crippen LogP contribution in [0.15, 0.2) is 41.8 Å². The lowest BCUT2D eigenvalue weighted by molar-refractivity contribution is 0.0594. The van der Waals surface area contributed by atoms with Crippen molar-refractivity contribution in [2.24, 2.45) is 0 Å². The average Bonchev–Trinajstić information content (AvgIpc) is 3.46. The van der Waals surface area contributed by atoms with Crippen LogP contribution < -0.4 is 0 Å². The van der Waals surface area contributed by atoms with Crippen LogP contribution in [0.1, 0.15) is 56.0 Å². The zero-order valence-corrected chi connectivity index (χ0v) is 18.0. The van der Waals surface area contributed by atoms with E-state index in [9.17, 15) is 14.9 Å². The molecule has 2 aromatic heterocycles. The van der Waals surface area contributed by atoms with E-state index in [0.29, 0.717) is 28.9 Å². The van der Waals surface area contributed by atoms with Crippen molar-refractivity contribution in [1.29, 1.82) is 5.26 Å². The Morgan fingerprint density at radius 2 is 2.06 bits per heavy atom. The second-order valence-corrected chi connectivity index (χ2v) is 8.15. The number of likely N-dealkylation sites (tertiary alicyclic amines) is 1. The molecule has 1 unspecified atom stereocenters. The lowest BCUT2D eigenvalue weighted by Crippen LogP contribution is -2.31. The van der Waals surface area contributed by atoms with Gasteiger partial charge in [-0.05, 0) is 38.0 Å². The SMILES string of the molecule is COC(=O)c1cc(C(=O)N2CCCC2c2nc(C)cs2)cc(-c2ccccc2C#N)n1. The molecule has 3 heterocycles. The molecule has 156 valence electrons. The second kappa shape index (κ2) is 8.66. The number of nitriles is 1. The summed E-state index contributed by atoms with van der Waals surface area (Å²) in [6, 6.07) is 12.1. The predicted octanol–water partition coefficient (Wildman–Crippen LogP) is 4.15. The molecule has 8 heteroatoms. The van der Waals surface area contributed by atoms with E-state index in [1.54, 1.807) is 46.6 Å². The summed E-state index contributed by atoms with van der Waals surface area (Å²) >= 11 is 1.55. The van der Waals surface area contributed by atoms with Crippen LogP contribution >= 0.6 is 11.3 Å². The Labute approximate surface area is 183 Å². The third kappa shape index (κ3) is 4.05. The number of carbonyl (C=O) groups is 2. The van der Waals surface area contributed by atoms with Gasteiger partial charge in [0.2, 0.25) is 0 Å². The molecule has 3 aromatic rings. The normalized spacial score (nSPS) is 15.5. The van der Waals surface area contributed by atoms with Crippen molar-refractivity contribution in [2.45, 2.75) is 25.8 Å². The monoisotopic (exact) mass is 432 g/mol. The van der Waals surface area contributed by atoms with Gasteiger partial charge in [0.1, 0.15) is 10.7 Å². The fourth-order valence-electron chi connectivity index (χ4n) is 3.76. The highest BCUT2D eigenvalue weighted by Crippen LogP contribution is 2.35. The second-order valence-electron chi connectivity index (χ2n) is 7.26. The van der Waals surface area contributed by atoms with Gasteiger partial charge in [0.15, 0.2) is 0 Å². The number of hydrogen-bond donors (Lipinski definition) is 0. The first kappa shape index (κ1) is 20.7. The van der Waals surface area contributed by atoms with Crippen LogP contribution in [0.25, 0.3) is 11.3 Å². The van der Waals surface area contributed by atoms with E-state index < -0.39 is 5.97 Å². The average molecular weight is 433 g/mol. The van der Waals surface area contributed by atoms with Crippen LogP contribution in [0.4, 0.5) is 0 Å². The number of pyridine rings is 1. The van der Waals surface area contributed by atoms with Crippen LogP contribution in [-0.4, -0.2) is 40.4 Å². The van der Waals surface area contributed by atoms with Gasteiger partial charge in [0, 0.05) is 28.7 Å². The Kier molecular flexibility index (Phi) is 5.78. The van der Waals surface area contributed by atoms with Crippen molar-refractivity contribution in [3.05, 3.63) is 69.3 Å². The number of benzene rings is 1. The summed E-state index contributed by atoms with van der Waals surface area (Å²) < 4.78 is 4.84. The van der Waals surface area contributed by atoms with Crippen molar-refractivity contribution in [2.75, 3.05) is 13.7 Å². The van der Waals surface area contributed by atoms with Gasteiger partial charge in [-0.3, -0.25) is 4.79 Å². The zero-order chi connectivity index (χ0) is 22.0. The number of thiazole rings is 1. The minimum absolute atomic E-state index is 0.0249. The van der Waals surface area contributed by atoms with Gasteiger partial charge in [0.25, 0.3) is 5.91 Å². The molecule has 0 bridgehead atoms. The van der Waals surface area contributed by atoms with E-state index in [4.69, 9.17) is 4.74 Å². The van der Waals surface area contributed by atoms with E-state index >= 15 is 0 Å². The first-order chi connectivity index (χ1) is 15.0. The lowest BCUT2D eigenvalue weighted by atomic mass is 10.0. The van der Waals surface area contributed by atoms with Gasteiger partial charge >= 0.3 is 5.97 Å². The molecule has 0 aliphatic carbocycles. The third-order valence-electron chi connectivity index (χ3n) is 5.23. The van der Waals surface area contributed by atoms with E-state index in [1.807, 2.05) is 12.3 Å². The number of amides is 1. The maximum atomic E-state index is 13.5. The topological polar surface area (TPSA) is 96.2 Å². The molecule has 7 nitrogen and oxygen atoms in total. The number of nitrogens with zero attached hydrogens (tertiary/aromatic N) is 4. The van der Waals surface area contributed by atoms with Crippen molar-refractivity contribution >= 4 is 23.2 Å². The predicted molar refractivity (Wildman–Crippen MR) is 116 cm³/mol. The van der Waals surface area contributed by atoms with Gasteiger partial charge in [-0.2, -0.15) is 5.26 Å². The van der Waals surface area contributed by atoms with E-state index in [0.717, 1.165) is 23.5 Å². The molecule has 1 aliphatic heterocycles. The van der Waals surface area contributed by atoms with Crippen LogP contribution in [-0.2, 0) is 4.74 Å². The van der Waals surface area contributed by atoms with Crippen molar-refractivity contribution in [1.82, 2.24) is 14.9 Å². The van der Waals surface area contributed by atoms with E-state index in [1.165, 1.54) is 13.2 Å². The molecule has 0 spiro atoms. The maximum absolute atomic E-state index is 13.5. The lowest BCUT2D eigenvalue weighted by Gasteiger charge is -2.23. The fraction of sp³-hybridized carbons (Fsp3) is 0.261. The highest BCUT2D eigenvalue weighted by atomic mass is 32.1. The Bertz CT molecular complexity index is 1200. The molecule has 0 N–H and O–H groups in total. The number of methoxy groups -OCH3 is 1. The number of rotatable bonds is 4. The van der Waals surface area contributed by atoms with Gasteiger partial charge in [-0.25, -0.2) is 14.8 Å². The van der Waals surface area contributed by atoms with Crippen LogP contribution in [0.5, 0.6) is 0 Å². The molecule has 31 heavy (non-hydrogen) atoms. The quantitative estimate of drug-likeness (QED) is 0.575. The first-order valence-corrected chi connectivity index (χ1v) is 10.7. The Hall–Kier alpha value is -3.57. The maximum Gasteiger partial charge on any atom is 0.356 e. The molecule has 0 radical (unpaired) electrons. The number of ether oxygens (including phenoxy) is 1. The van der Waals surface area contributed by atoms with Crippen molar-refractivity contribution < 1.29 is 14.3 Å². The molecule has 4 rings (SSSR count). The van der Waals surface area contributed by atoms with Crippen LogP contribution in [0.2, 0.25) is 0 Å². The Balaban J connectivity index is 1.77. The number of aromatic nitrogens is 2. The van der Waals surface area contributed by atoms with Crippen molar-refractivity contribution in [3.8, 4) is 17.3 Å². The summed E-state index contributed by atoms with van der Waals surface area (Å²) in [5.41, 5.74) is 2.64. The molecule has 0 saturated carbocycles. The van der Waals surface area contributed by atoms with Gasteiger partial charge in [-0.1, -0.05) is 18.2 Å². The molecular formula is C23H20N4O3S. The molecule has 1 amide bonds. The highest BCUT2D eigenvalue weighted by Gasteiger charge is 2.33. The fourth-order valence-corrected chi connectivity index (χ4v) is 4.71. The number of aryl methyl sites for hydroxylation is 1. The molecule has 1 fully saturated rings. The van der Waals surface area contributed by atoms with Crippen LogP contribution in [0, 0.1) is 18.3 Å². The summed E-state index contributed by atoms with van der Waals surface area (Å²) in [4.78, 5) is 36.5. The summed E-state index contributed by atoms with van der Waals surface area (Å²) in [6.07, 6.45) is 1.73. The summed E-state index contributed by atoms with van der Waals surface area (Å²) in [5.74, 6) is -0.836. The van der Waals surface area contributed by atoms with Gasteiger partial charge < -0.3 is 9.64 Å². The third-order valence-corrected chi connectivity index (χ3v) is 6.29.